The highest BCUT2D eigenvalue weighted by molar-refractivity contribution is 7.14. The number of hydrogen-bond donors (Lipinski definition) is 0. The van der Waals surface area contributed by atoms with Crippen molar-refractivity contribution in [3.63, 3.8) is 0 Å². The highest BCUT2D eigenvalue weighted by Gasteiger charge is 2.41. The van der Waals surface area contributed by atoms with Gasteiger partial charge < -0.3 is 9.80 Å². The van der Waals surface area contributed by atoms with E-state index in [2.05, 4.69) is 0 Å². The van der Waals surface area contributed by atoms with Crippen molar-refractivity contribution in [1.29, 1.82) is 0 Å². The zero-order chi connectivity index (χ0) is 24.8. The maximum absolute atomic E-state index is 13.6. The van der Waals surface area contributed by atoms with Gasteiger partial charge in [0.15, 0.2) is 0 Å². The first-order valence-electron chi connectivity index (χ1n) is 10.6. The smallest absolute Gasteiger partial charge is 0.305 e. The Morgan fingerprint density at radius 2 is 1.76 bits per heavy atom. The third kappa shape index (κ3) is 4.57. The van der Waals surface area contributed by atoms with Crippen LogP contribution in [0.25, 0.3) is 0 Å². The molecule has 0 fully saturated rings. The maximum Gasteiger partial charge on any atom is 0.416 e. The van der Waals surface area contributed by atoms with Gasteiger partial charge in [-0.15, -0.1) is 11.3 Å². The van der Waals surface area contributed by atoms with Gasteiger partial charge in [-0.2, -0.15) is 13.2 Å². The number of halogens is 4. The van der Waals surface area contributed by atoms with Crippen molar-refractivity contribution in [3.8, 4) is 0 Å². The third-order valence-corrected chi connectivity index (χ3v) is 7.14. The van der Waals surface area contributed by atoms with Crippen molar-refractivity contribution >= 4 is 46.1 Å². The molecule has 0 radical (unpaired) electrons. The zero-order valence-electron chi connectivity index (χ0n) is 18.7. The molecule has 1 aliphatic heterocycles. The molecule has 2 atom stereocenters. The van der Waals surface area contributed by atoms with Crippen LogP contribution in [0.3, 0.4) is 0 Å². The minimum absolute atomic E-state index is 0.270. The van der Waals surface area contributed by atoms with Crippen molar-refractivity contribution in [2.75, 3.05) is 9.80 Å². The average Bonchev–Trinajstić information content (AvgIpc) is 3.20. The van der Waals surface area contributed by atoms with Crippen LogP contribution in [-0.2, 0) is 11.0 Å². The molecule has 3 aromatic rings. The van der Waals surface area contributed by atoms with Crippen molar-refractivity contribution in [2.45, 2.75) is 45.5 Å². The molecule has 9 heteroatoms. The number of carbonyl (C=O) groups excluding carboxylic acids is 2. The SMILES string of the molecule is CC(=O)N(c1ccc(Cl)cc1)C1CC(C)N(C(=O)c2ccc(C)s2)c2ccc(C(F)(F)F)cc21. The van der Waals surface area contributed by atoms with Crippen molar-refractivity contribution in [3.05, 3.63) is 80.5 Å². The molecular weight excluding hydrogens is 485 g/mol. The van der Waals surface area contributed by atoms with Crippen LogP contribution in [-0.4, -0.2) is 17.9 Å². The van der Waals surface area contributed by atoms with Crippen molar-refractivity contribution < 1.29 is 22.8 Å². The van der Waals surface area contributed by atoms with E-state index in [0.717, 1.165) is 17.0 Å². The lowest BCUT2D eigenvalue weighted by Crippen LogP contribution is -2.47. The lowest BCUT2D eigenvalue weighted by molar-refractivity contribution is -0.137. The Morgan fingerprint density at radius 1 is 1.09 bits per heavy atom. The van der Waals surface area contributed by atoms with Crippen LogP contribution in [0.1, 0.15) is 52.0 Å². The number of carbonyl (C=O) groups is 2. The van der Waals surface area contributed by atoms with Crippen LogP contribution >= 0.6 is 22.9 Å². The summed E-state index contributed by atoms with van der Waals surface area (Å²) >= 11 is 7.33. The van der Waals surface area contributed by atoms with E-state index in [4.69, 9.17) is 11.6 Å². The Labute approximate surface area is 204 Å². The van der Waals surface area contributed by atoms with Gasteiger partial charge in [-0.3, -0.25) is 9.59 Å². The molecule has 4 nitrogen and oxygen atoms in total. The Bertz CT molecular complexity index is 1240. The number of nitrogens with zero attached hydrogens (tertiary/aromatic N) is 2. The van der Waals surface area contributed by atoms with Gasteiger partial charge in [-0.25, -0.2) is 0 Å². The fourth-order valence-corrected chi connectivity index (χ4v) is 5.35. The molecule has 0 saturated carbocycles. The first-order chi connectivity index (χ1) is 16.0. The van der Waals surface area contributed by atoms with Gasteiger partial charge in [0.25, 0.3) is 5.91 Å². The molecule has 34 heavy (non-hydrogen) atoms. The summed E-state index contributed by atoms with van der Waals surface area (Å²) in [6.07, 6.45) is -4.30. The summed E-state index contributed by atoms with van der Waals surface area (Å²) in [4.78, 5) is 30.6. The molecule has 2 unspecified atom stereocenters. The highest BCUT2D eigenvalue weighted by Crippen LogP contribution is 2.45. The van der Waals surface area contributed by atoms with Crippen LogP contribution in [0.5, 0.6) is 0 Å². The van der Waals surface area contributed by atoms with Crippen LogP contribution in [0.2, 0.25) is 5.02 Å². The molecule has 4 rings (SSSR count). The van der Waals surface area contributed by atoms with E-state index in [1.165, 1.54) is 34.1 Å². The van der Waals surface area contributed by atoms with Gasteiger partial charge in [-0.05, 0) is 80.4 Å². The predicted octanol–water partition coefficient (Wildman–Crippen LogP) is 7.26. The molecule has 178 valence electrons. The summed E-state index contributed by atoms with van der Waals surface area (Å²) < 4.78 is 40.9. The summed E-state index contributed by atoms with van der Waals surface area (Å²) in [6.45, 7) is 5.10. The number of thiophene rings is 1. The topological polar surface area (TPSA) is 40.6 Å². The first kappa shape index (κ1) is 24.3. The van der Waals surface area contributed by atoms with Crippen molar-refractivity contribution in [2.24, 2.45) is 0 Å². The normalized spacial score (nSPS) is 17.9. The van der Waals surface area contributed by atoms with Crippen LogP contribution in [0.15, 0.2) is 54.6 Å². The molecule has 0 N–H and O–H groups in total. The first-order valence-corrected chi connectivity index (χ1v) is 11.8. The van der Waals surface area contributed by atoms with Gasteiger partial charge in [0, 0.05) is 34.2 Å². The molecular formula is C25H22ClF3N2O2S. The second-order valence-corrected chi connectivity index (χ2v) is 10.0. The van der Waals surface area contributed by atoms with Gasteiger partial charge in [0.05, 0.1) is 16.5 Å². The minimum atomic E-state index is -4.57. The Kier molecular flexibility index (Phi) is 6.48. The van der Waals surface area contributed by atoms with Crippen LogP contribution in [0.4, 0.5) is 24.5 Å². The molecule has 2 heterocycles. The van der Waals surface area contributed by atoms with E-state index in [1.807, 2.05) is 19.9 Å². The largest absolute Gasteiger partial charge is 0.416 e. The number of fused-ring (bicyclic) bond motifs is 1. The van der Waals surface area contributed by atoms with Crippen LogP contribution < -0.4 is 9.80 Å². The van der Waals surface area contributed by atoms with Gasteiger partial charge in [0.2, 0.25) is 5.91 Å². The van der Waals surface area contributed by atoms with Crippen molar-refractivity contribution in [1.82, 2.24) is 0 Å². The molecule has 0 spiro atoms. The third-order valence-electron chi connectivity index (χ3n) is 5.90. The molecule has 1 aliphatic rings. The van der Waals surface area contributed by atoms with E-state index in [-0.39, 0.29) is 29.8 Å². The quantitative estimate of drug-likeness (QED) is 0.375. The predicted molar refractivity (Wildman–Crippen MR) is 129 cm³/mol. The number of rotatable bonds is 3. The molecule has 0 bridgehead atoms. The number of benzene rings is 2. The number of aryl methyl sites for hydroxylation is 1. The van der Waals surface area contributed by atoms with Gasteiger partial charge in [0.1, 0.15) is 0 Å². The summed E-state index contributed by atoms with van der Waals surface area (Å²) in [6, 6.07) is 12.4. The van der Waals surface area contributed by atoms with E-state index in [9.17, 15) is 22.8 Å². The fraction of sp³-hybridized carbons (Fsp3) is 0.280. The van der Waals surface area contributed by atoms with E-state index in [1.54, 1.807) is 30.3 Å². The van der Waals surface area contributed by atoms with E-state index < -0.39 is 17.8 Å². The van der Waals surface area contributed by atoms with Gasteiger partial charge >= 0.3 is 6.18 Å². The zero-order valence-corrected chi connectivity index (χ0v) is 20.3. The lowest BCUT2D eigenvalue weighted by Gasteiger charge is -2.43. The Balaban J connectivity index is 1.88. The monoisotopic (exact) mass is 506 g/mol. The summed E-state index contributed by atoms with van der Waals surface area (Å²) in [5.74, 6) is -0.595. The van der Waals surface area contributed by atoms with Gasteiger partial charge in [-0.1, -0.05) is 11.6 Å². The van der Waals surface area contributed by atoms with E-state index in [0.29, 0.717) is 21.3 Å². The number of alkyl halides is 3. The summed E-state index contributed by atoms with van der Waals surface area (Å²) in [5.41, 5.74) is 0.337. The number of amides is 2. The Morgan fingerprint density at radius 3 is 2.32 bits per heavy atom. The minimum Gasteiger partial charge on any atom is -0.305 e. The van der Waals surface area contributed by atoms with Crippen LogP contribution in [0, 0.1) is 6.92 Å². The number of anilines is 2. The second-order valence-electron chi connectivity index (χ2n) is 8.32. The molecule has 0 saturated heterocycles. The summed E-state index contributed by atoms with van der Waals surface area (Å²) in [5, 5.41) is 0.479. The fourth-order valence-electron chi connectivity index (χ4n) is 4.42. The number of hydrogen-bond acceptors (Lipinski definition) is 3. The molecule has 2 aromatic carbocycles. The molecule has 0 aliphatic carbocycles. The second kappa shape index (κ2) is 9.07. The molecule has 2 amide bonds. The summed E-state index contributed by atoms with van der Waals surface area (Å²) in [7, 11) is 0. The maximum atomic E-state index is 13.6. The highest BCUT2D eigenvalue weighted by atomic mass is 35.5. The average molecular weight is 507 g/mol. The molecule has 1 aromatic heterocycles. The lowest BCUT2D eigenvalue weighted by atomic mass is 9.88. The standard InChI is InChI=1S/C25H22ClF3N2O2S/c1-14-12-22(31(16(3)32)19-8-6-18(26)7-9-19)20-13-17(25(27,28)29)5-10-21(20)30(14)24(33)23-11-4-15(2)34-23/h4-11,13-14,22H,12H2,1-3H3. The van der Waals surface area contributed by atoms with E-state index >= 15 is 0 Å². The Hall–Kier alpha value is -2.84.